The lowest BCUT2D eigenvalue weighted by Crippen LogP contribution is -2.20. The van der Waals surface area contributed by atoms with Crippen molar-refractivity contribution in [2.45, 2.75) is 31.1 Å². The molecule has 1 fully saturated rings. The average Bonchev–Trinajstić information content (AvgIpc) is 3.78. The number of rotatable bonds is 5. The van der Waals surface area contributed by atoms with Crippen LogP contribution in [-0.2, 0) is 5.41 Å². The van der Waals surface area contributed by atoms with Crippen molar-refractivity contribution in [2.75, 3.05) is 0 Å². The highest BCUT2D eigenvalue weighted by Gasteiger charge is 2.45. The van der Waals surface area contributed by atoms with Crippen molar-refractivity contribution in [1.82, 2.24) is 9.97 Å². The molecular formula is C46H33N3. The predicted molar refractivity (Wildman–Crippen MR) is 199 cm³/mol. The number of fused-ring (bicyclic) bond motifs is 5. The number of aromatic nitrogens is 2. The largest absolute Gasteiger partial charge is 0.228 e. The third-order valence-corrected chi connectivity index (χ3v) is 10.5. The van der Waals surface area contributed by atoms with Crippen LogP contribution >= 0.6 is 0 Å². The van der Waals surface area contributed by atoms with E-state index in [0.717, 1.165) is 52.0 Å². The maximum atomic E-state index is 9.73. The summed E-state index contributed by atoms with van der Waals surface area (Å²) in [6, 6.07) is 55.8. The lowest BCUT2D eigenvalue weighted by atomic mass is 9.76. The lowest BCUT2D eigenvalue weighted by molar-refractivity contribution is 0.550. The van der Waals surface area contributed by atoms with Gasteiger partial charge >= 0.3 is 0 Å². The summed E-state index contributed by atoms with van der Waals surface area (Å²) >= 11 is 0. The molecule has 1 heterocycles. The molecular weight excluding hydrogens is 595 g/mol. The van der Waals surface area contributed by atoms with Crippen LogP contribution in [-0.4, -0.2) is 9.97 Å². The molecule has 232 valence electrons. The third-order valence-electron chi connectivity index (χ3n) is 10.5. The molecule has 0 atom stereocenters. The van der Waals surface area contributed by atoms with Gasteiger partial charge < -0.3 is 0 Å². The highest BCUT2D eigenvalue weighted by atomic mass is 14.9. The number of benzene rings is 6. The van der Waals surface area contributed by atoms with E-state index in [0.29, 0.717) is 5.82 Å². The molecule has 9 rings (SSSR count). The van der Waals surface area contributed by atoms with Gasteiger partial charge in [0, 0.05) is 22.1 Å². The zero-order chi connectivity index (χ0) is 32.8. The molecule has 2 aliphatic carbocycles. The predicted octanol–water partition coefficient (Wildman–Crippen LogP) is 11.5. The van der Waals surface area contributed by atoms with Crippen LogP contribution in [0.5, 0.6) is 0 Å². The minimum atomic E-state index is -0.0308. The molecule has 3 nitrogen and oxygen atoms in total. The van der Waals surface area contributed by atoms with E-state index in [1.807, 2.05) is 30.3 Å². The van der Waals surface area contributed by atoms with E-state index >= 15 is 0 Å². The fraction of sp³-hybridized carbons (Fsp3) is 0.109. The lowest BCUT2D eigenvalue weighted by Gasteiger charge is -2.27. The van der Waals surface area contributed by atoms with Gasteiger partial charge in [0.15, 0.2) is 5.82 Å². The van der Waals surface area contributed by atoms with Crippen molar-refractivity contribution in [3.63, 3.8) is 0 Å². The zero-order valence-electron chi connectivity index (χ0n) is 27.1. The third kappa shape index (κ3) is 4.96. The molecule has 6 aromatic carbocycles. The van der Waals surface area contributed by atoms with Gasteiger partial charge in [0.05, 0.1) is 23.0 Å². The Bertz CT molecular complexity index is 2380. The molecule has 0 radical (unpaired) electrons. The summed E-state index contributed by atoms with van der Waals surface area (Å²) < 4.78 is 0. The number of hydrogen-bond acceptors (Lipinski definition) is 3. The van der Waals surface area contributed by atoms with Crippen molar-refractivity contribution < 1.29 is 0 Å². The minimum Gasteiger partial charge on any atom is -0.228 e. The number of nitriles is 1. The second-order valence-corrected chi connectivity index (χ2v) is 13.2. The van der Waals surface area contributed by atoms with E-state index < -0.39 is 0 Å². The zero-order valence-corrected chi connectivity index (χ0v) is 27.1. The molecule has 0 bridgehead atoms. The Morgan fingerprint density at radius 3 is 1.71 bits per heavy atom. The van der Waals surface area contributed by atoms with Crippen LogP contribution in [0.4, 0.5) is 0 Å². The van der Waals surface area contributed by atoms with Gasteiger partial charge in [0.2, 0.25) is 0 Å². The minimum absolute atomic E-state index is 0.0308. The molecule has 1 saturated carbocycles. The topological polar surface area (TPSA) is 49.6 Å². The van der Waals surface area contributed by atoms with Crippen molar-refractivity contribution in [3.05, 3.63) is 168 Å². The Hall–Kier alpha value is -6.11. The molecule has 1 aromatic heterocycles. The normalized spacial score (nSPS) is 13.9. The summed E-state index contributed by atoms with van der Waals surface area (Å²) in [5.74, 6) is 0.706. The summed E-state index contributed by atoms with van der Waals surface area (Å²) in [7, 11) is 0. The van der Waals surface area contributed by atoms with Crippen molar-refractivity contribution >= 4 is 0 Å². The van der Waals surface area contributed by atoms with E-state index in [1.54, 1.807) is 0 Å². The Kier molecular flexibility index (Phi) is 7.03. The van der Waals surface area contributed by atoms with E-state index in [-0.39, 0.29) is 5.41 Å². The first kappa shape index (κ1) is 29.1. The van der Waals surface area contributed by atoms with Crippen LogP contribution in [0, 0.1) is 11.3 Å². The van der Waals surface area contributed by atoms with E-state index in [1.165, 1.54) is 51.8 Å². The first-order valence-corrected chi connectivity index (χ1v) is 17.1. The number of nitrogens with zero attached hydrogens (tertiary/aromatic N) is 3. The summed E-state index contributed by atoms with van der Waals surface area (Å²) in [6.07, 6.45) is 4.64. The highest BCUT2D eigenvalue weighted by molar-refractivity contribution is 5.89. The Balaban J connectivity index is 1.18. The van der Waals surface area contributed by atoms with E-state index in [4.69, 9.17) is 9.97 Å². The van der Waals surface area contributed by atoms with Gasteiger partial charge in [-0.2, -0.15) is 5.26 Å². The fourth-order valence-electron chi connectivity index (χ4n) is 8.12. The monoisotopic (exact) mass is 627 g/mol. The van der Waals surface area contributed by atoms with Gasteiger partial charge in [-0.25, -0.2) is 9.97 Å². The van der Waals surface area contributed by atoms with Gasteiger partial charge in [0.1, 0.15) is 0 Å². The maximum absolute atomic E-state index is 9.73. The van der Waals surface area contributed by atoms with Gasteiger partial charge in [-0.15, -0.1) is 0 Å². The van der Waals surface area contributed by atoms with Crippen molar-refractivity contribution in [2.24, 2.45) is 0 Å². The van der Waals surface area contributed by atoms with Gasteiger partial charge in [-0.1, -0.05) is 140 Å². The van der Waals surface area contributed by atoms with Crippen LogP contribution in [0.1, 0.15) is 42.4 Å². The molecule has 2 aliphatic rings. The molecule has 0 saturated heterocycles. The van der Waals surface area contributed by atoms with Crippen LogP contribution in [0.15, 0.2) is 152 Å². The molecule has 0 unspecified atom stereocenters. The van der Waals surface area contributed by atoms with Gasteiger partial charge in [0.25, 0.3) is 0 Å². The summed E-state index contributed by atoms with van der Waals surface area (Å²) in [6.45, 7) is 0. The van der Waals surface area contributed by atoms with E-state index in [9.17, 15) is 5.26 Å². The smallest absolute Gasteiger partial charge is 0.160 e. The van der Waals surface area contributed by atoms with Gasteiger partial charge in [-0.3, -0.25) is 0 Å². The molecule has 1 spiro atoms. The Morgan fingerprint density at radius 2 is 1.00 bits per heavy atom. The van der Waals surface area contributed by atoms with E-state index in [2.05, 4.69) is 127 Å². The molecule has 0 aliphatic heterocycles. The molecule has 49 heavy (non-hydrogen) atoms. The Morgan fingerprint density at radius 1 is 0.449 bits per heavy atom. The van der Waals surface area contributed by atoms with Crippen LogP contribution < -0.4 is 0 Å². The fourth-order valence-corrected chi connectivity index (χ4v) is 8.12. The molecule has 0 N–H and O–H groups in total. The Labute approximate surface area is 287 Å². The van der Waals surface area contributed by atoms with Crippen LogP contribution in [0.3, 0.4) is 0 Å². The first-order valence-electron chi connectivity index (χ1n) is 17.1. The SMILES string of the molecule is N#Cc1ccc2c(c1)C1(CCCC1)c1cc(-c3ccccc3-c3cc(-c4ccc(-c5ccccc5)cc4)nc(-c4ccccc4)n3)ccc1-2. The highest BCUT2D eigenvalue weighted by Crippen LogP contribution is 2.57. The maximum Gasteiger partial charge on any atom is 0.160 e. The molecule has 3 heteroatoms. The van der Waals surface area contributed by atoms with Crippen LogP contribution in [0.25, 0.3) is 67.3 Å². The van der Waals surface area contributed by atoms with Gasteiger partial charge in [-0.05, 0) is 81.6 Å². The second kappa shape index (κ2) is 11.8. The average molecular weight is 628 g/mol. The standard InChI is InChI=1S/C46H33N3/c47-30-31-17-23-38-39-24-22-36(28-42(39)46(41(38)27-31)25-9-10-26-46)37-15-7-8-16-40(37)44-29-43(48-45(49-44)35-13-5-2-6-14-35)34-20-18-33(19-21-34)32-11-3-1-4-12-32/h1-8,11-24,27-29H,9-10,25-26H2. The summed E-state index contributed by atoms with van der Waals surface area (Å²) in [5, 5.41) is 9.73. The molecule has 0 amide bonds. The summed E-state index contributed by atoms with van der Waals surface area (Å²) in [5.41, 5.74) is 15.6. The quantitative estimate of drug-likeness (QED) is 0.191. The van der Waals surface area contributed by atoms with Crippen LogP contribution in [0.2, 0.25) is 0 Å². The first-order chi connectivity index (χ1) is 24.2. The summed E-state index contributed by atoms with van der Waals surface area (Å²) in [4.78, 5) is 10.3. The molecule has 7 aromatic rings. The number of hydrogen-bond donors (Lipinski definition) is 0. The van der Waals surface area contributed by atoms with Crippen molar-refractivity contribution in [3.8, 4) is 73.4 Å². The second-order valence-electron chi connectivity index (χ2n) is 13.2. The van der Waals surface area contributed by atoms with Crippen molar-refractivity contribution in [1.29, 1.82) is 5.26 Å².